The summed E-state index contributed by atoms with van der Waals surface area (Å²) in [5, 5.41) is 9.94. The summed E-state index contributed by atoms with van der Waals surface area (Å²) in [6.07, 6.45) is 0.362. The monoisotopic (exact) mass is 733 g/mol. The molecule has 8 aromatic carbocycles. The maximum absolute atomic E-state index is 7.16. The molecule has 2 aliphatic rings. The van der Waals surface area contributed by atoms with Gasteiger partial charge in [-0.15, -0.1) is 0 Å². The van der Waals surface area contributed by atoms with E-state index in [-0.39, 0.29) is 18.2 Å². The van der Waals surface area contributed by atoms with Crippen molar-refractivity contribution in [2.75, 3.05) is 0 Å². The Hall–Kier alpha value is -7.01. The molecule has 1 aliphatic heterocycles. The van der Waals surface area contributed by atoms with Crippen molar-refractivity contribution in [1.82, 2.24) is 10.6 Å². The summed E-state index contributed by atoms with van der Waals surface area (Å²) in [5.74, 6) is 0.971. The van der Waals surface area contributed by atoms with Crippen LogP contribution in [-0.4, -0.2) is 5.84 Å². The minimum atomic E-state index is -0.266. The first-order chi connectivity index (χ1) is 28.3. The van der Waals surface area contributed by atoms with Gasteiger partial charge in [-0.25, -0.2) is 4.99 Å². The lowest BCUT2D eigenvalue weighted by Crippen LogP contribution is -2.45. The average molecular weight is 734 g/mol. The standard InChI is InChI=1S/C53H39N3O/c1-5-17-34(18-6-1)39-32-46(53-55-51(36-21-9-3-10-22-36)54-52(56-53)37-23-11-4-12-24-37)49-44-30-16-29-43(50(44)57-47(49)33-39)45-31-38-25-15-28-40(35-19-7-2-8-20-35)48(38)42-27-14-13-26-41(42)45/h1-30,32-33,45,51,53,55H,31H2,(H,54,56). The summed E-state index contributed by atoms with van der Waals surface area (Å²) in [6, 6.07) is 69.3. The Morgan fingerprint density at radius 2 is 1.14 bits per heavy atom. The van der Waals surface area contributed by atoms with Crippen molar-refractivity contribution in [2.45, 2.75) is 24.7 Å². The second-order valence-electron chi connectivity index (χ2n) is 15.1. The highest BCUT2D eigenvalue weighted by atomic mass is 16.3. The second-order valence-corrected chi connectivity index (χ2v) is 15.1. The van der Waals surface area contributed by atoms with Crippen LogP contribution in [0.15, 0.2) is 204 Å². The van der Waals surface area contributed by atoms with Crippen LogP contribution in [0.4, 0.5) is 0 Å². The molecule has 272 valence electrons. The van der Waals surface area contributed by atoms with Crippen molar-refractivity contribution in [3.05, 3.63) is 228 Å². The van der Waals surface area contributed by atoms with Crippen LogP contribution >= 0.6 is 0 Å². The van der Waals surface area contributed by atoms with Crippen LogP contribution in [0.1, 0.15) is 51.6 Å². The molecule has 4 nitrogen and oxygen atoms in total. The van der Waals surface area contributed by atoms with E-state index in [0.29, 0.717) is 0 Å². The van der Waals surface area contributed by atoms with E-state index in [1.165, 1.54) is 38.9 Å². The van der Waals surface area contributed by atoms with Gasteiger partial charge in [-0.05, 0) is 68.6 Å². The van der Waals surface area contributed by atoms with E-state index in [9.17, 15) is 0 Å². The number of benzene rings is 8. The zero-order chi connectivity index (χ0) is 37.7. The maximum atomic E-state index is 7.16. The molecule has 2 heterocycles. The van der Waals surface area contributed by atoms with Crippen LogP contribution in [0, 0.1) is 0 Å². The van der Waals surface area contributed by atoms with Crippen molar-refractivity contribution in [3.8, 4) is 33.4 Å². The lowest BCUT2D eigenvalue weighted by Gasteiger charge is -2.32. The van der Waals surface area contributed by atoms with Gasteiger partial charge in [0.25, 0.3) is 0 Å². The maximum Gasteiger partial charge on any atom is 0.139 e. The summed E-state index contributed by atoms with van der Waals surface area (Å²) in [5.41, 5.74) is 16.4. The summed E-state index contributed by atoms with van der Waals surface area (Å²) < 4.78 is 7.16. The molecule has 57 heavy (non-hydrogen) atoms. The van der Waals surface area contributed by atoms with Gasteiger partial charge in [0.1, 0.15) is 29.3 Å². The molecule has 4 heteroatoms. The topological polar surface area (TPSA) is 49.6 Å². The summed E-state index contributed by atoms with van der Waals surface area (Å²) >= 11 is 0. The average Bonchev–Trinajstić information content (AvgIpc) is 3.68. The minimum absolute atomic E-state index is 0.117. The zero-order valence-corrected chi connectivity index (χ0v) is 31.3. The number of hydrogen-bond acceptors (Lipinski definition) is 4. The van der Waals surface area contributed by atoms with E-state index in [1.807, 2.05) is 6.07 Å². The summed E-state index contributed by atoms with van der Waals surface area (Å²) in [7, 11) is 0. The van der Waals surface area contributed by atoms with Gasteiger partial charge < -0.3 is 9.73 Å². The Morgan fingerprint density at radius 3 is 1.91 bits per heavy atom. The molecule has 2 N–H and O–H groups in total. The van der Waals surface area contributed by atoms with Crippen LogP contribution in [0.5, 0.6) is 0 Å². The number of hydrogen-bond donors (Lipinski definition) is 2. The normalized spacial score (nSPS) is 17.4. The van der Waals surface area contributed by atoms with Crippen molar-refractivity contribution in [2.24, 2.45) is 4.99 Å². The molecule has 3 unspecified atom stereocenters. The van der Waals surface area contributed by atoms with Crippen LogP contribution in [0.3, 0.4) is 0 Å². The van der Waals surface area contributed by atoms with Gasteiger partial charge in [-0.2, -0.15) is 0 Å². The van der Waals surface area contributed by atoms with Gasteiger partial charge in [0.05, 0.1) is 0 Å². The van der Waals surface area contributed by atoms with Gasteiger partial charge in [0, 0.05) is 33.4 Å². The van der Waals surface area contributed by atoms with Gasteiger partial charge >= 0.3 is 0 Å². The predicted octanol–water partition coefficient (Wildman–Crippen LogP) is 12.6. The van der Waals surface area contributed by atoms with Gasteiger partial charge in [0.2, 0.25) is 0 Å². The molecule has 9 aromatic rings. The molecule has 0 radical (unpaired) electrons. The predicted molar refractivity (Wildman–Crippen MR) is 233 cm³/mol. The zero-order valence-electron chi connectivity index (χ0n) is 31.3. The Kier molecular flexibility index (Phi) is 8.15. The van der Waals surface area contributed by atoms with Crippen molar-refractivity contribution >= 4 is 27.8 Å². The quantitative estimate of drug-likeness (QED) is 0.179. The van der Waals surface area contributed by atoms with Crippen molar-refractivity contribution in [3.63, 3.8) is 0 Å². The third-order valence-electron chi connectivity index (χ3n) is 11.7. The molecule has 0 bridgehead atoms. The smallest absolute Gasteiger partial charge is 0.139 e. The number of nitrogens with one attached hydrogen (secondary N) is 2. The SMILES string of the molecule is c1ccc(C2=NC(c3ccccc3)NC(c3cc(-c4ccccc4)cc4oc5c(C6Cc7cccc(-c8ccccc8)c7-c7ccccc76)cccc5c34)N2)cc1. The molecular formula is C53H39N3O. The molecule has 0 amide bonds. The summed E-state index contributed by atoms with van der Waals surface area (Å²) in [4.78, 5) is 5.22. The molecule has 1 aliphatic carbocycles. The van der Waals surface area contributed by atoms with Crippen molar-refractivity contribution in [1.29, 1.82) is 0 Å². The minimum Gasteiger partial charge on any atom is -0.456 e. The first-order valence-electron chi connectivity index (χ1n) is 19.8. The number of nitrogens with zero attached hydrogens (tertiary/aromatic N) is 1. The number of aliphatic imine (C=N–C) groups is 1. The Morgan fingerprint density at radius 1 is 0.509 bits per heavy atom. The third-order valence-corrected chi connectivity index (χ3v) is 11.7. The first-order valence-corrected chi connectivity index (χ1v) is 19.8. The number of furan rings is 1. The van der Waals surface area contributed by atoms with Gasteiger partial charge in [0.15, 0.2) is 0 Å². The lowest BCUT2D eigenvalue weighted by molar-refractivity contribution is 0.411. The Bertz CT molecular complexity index is 2940. The van der Waals surface area contributed by atoms with E-state index < -0.39 is 0 Å². The molecule has 0 spiro atoms. The molecular weight excluding hydrogens is 695 g/mol. The fourth-order valence-electron chi connectivity index (χ4n) is 9.13. The largest absolute Gasteiger partial charge is 0.456 e. The molecule has 3 atom stereocenters. The number of para-hydroxylation sites is 1. The fraction of sp³-hybridized carbons (Fsp3) is 0.0755. The number of rotatable bonds is 6. The lowest BCUT2D eigenvalue weighted by atomic mass is 9.73. The van der Waals surface area contributed by atoms with Crippen LogP contribution in [-0.2, 0) is 6.42 Å². The highest BCUT2D eigenvalue weighted by Gasteiger charge is 2.32. The van der Waals surface area contributed by atoms with Gasteiger partial charge in [-0.1, -0.05) is 182 Å². The van der Waals surface area contributed by atoms with E-state index in [4.69, 9.17) is 9.41 Å². The first kappa shape index (κ1) is 33.3. The fourth-order valence-corrected chi connectivity index (χ4v) is 9.13. The van der Waals surface area contributed by atoms with E-state index in [0.717, 1.165) is 62.0 Å². The van der Waals surface area contributed by atoms with E-state index >= 15 is 0 Å². The molecule has 0 saturated heterocycles. The van der Waals surface area contributed by atoms with E-state index in [2.05, 4.69) is 199 Å². The highest BCUT2D eigenvalue weighted by molar-refractivity contribution is 6.10. The van der Waals surface area contributed by atoms with Crippen molar-refractivity contribution < 1.29 is 4.42 Å². The van der Waals surface area contributed by atoms with Crippen LogP contribution in [0.25, 0.3) is 55.3 Å². The van der Waals surface area contributed by atoms with Crippen LogP contribution < -0.4 is 10.6 Å². The third kappa shape index (κ3) is 5.85. The number of amidine groups is 1. The van der Waals surface area contributed by atoms with Gasteiger partial charge in [-0.3, -0.25) is 5.32 Å². The molecule has 0 saturated carbocycles. The number of fused-ring (bicyclic) bond motifs is 6. The highest BCUT2D eigenvalue weighted by Crippen LogP contribution is 2.49. The van der Waals surface area contributed by atoms with E-state index in [1.54, 1.807) is 0 Å². The Labute approximate surface area is 332 Å². The Balaban J connectivity index is 1.10. The second kappa shape index (κ2) is 13.9. The summed E-state index contributed by atoms with van der Waals surface area (Å²) in [6.45, 7) is 0. The molecule has 1 aromatic heterocycles. The molecule has 11 rings (SSSR count). The molecule has 0 fully saturated rings. The van der Waals surface area contributed by atoms with Crippen LogP contribution in [0.2, 0.25) is 0 Å².